The van der Waals surface area contributed by atoms with Gasteiger partial charge < -0.3 is 14.9 Å². The van der Waals surface area contributed by atoms with E-state index in [0.29, 0.717) is 22.6 Å². The third-order valence-electron chi connectivity index (χ3n) is 4.45. The normalized spacial score (nSPS) is 23.7. The summed E-state index contributed by atoms with van der Waals surface area (Å²) in [6.45, 7) is 7.70. The largest absolute Gasteiger partial charge is 0.507 e. The molecule has 2 aliphatic rings. The summed E-state index contributed by atoms with van der Waals surface area (Å²) in [6.07, 6.45) is 3.97. The van der Waals surface area contributed by atoms with Crippen molar-refractivity contribution in [2.45, 2.75) is 32.6 Å². The van der Waals surface area contributed by atoms with E-state index in [0.717, 1.165) is 12.8 Å². The number of benzene rings is 1. The molecular formula is C17H18O4. The molecule has 3 rings (SSSR count). The molecule has 0 saturated heterocycles. The van der Waals surface area contributed by atoms with Crippen LogP contribution in [0.4, 0.5) is 0 Å². The van der Waals surface area contributed by atoms with Gasteiger partial charge in [-0.1, -0.05) is 18.2 Å². The topological polar surface area (TPSA) is 66.8 Å². The smallest absolute Gasteiger partial charge is 0.339 e. The molecule has 0 aromatic heterocycles. The van der Waals surface area contributed by atoms with Crippen molar-refractivity contribution in [3.8, 4) is 11.5 Å². The molecule has 1 aromatic carbocycles. The van der Waals surface area contributed by atoms with E-state index in [1.165, 1.54) is 5.57 Å². The molecule has 2 unspecified atom stereocenters. The Morgan fingerprint density at radius 3 is 2.81 bits per heavy atom. The van der Waals surface area contributed by atoms with Gasteiger partial charge in [0.05, 0.1) is 0 Å². The van der Waals surface area contributed by atoms with Crippen LogP contribution in [0.3, 0.4) is 0 Å². The number of carboxylic acids is 1. The van der Waals surface area contributed by atoms with Crippen molar-refractivity contribution in [2.24, 2.45) is 5.92 Å². The van der Waals surface area contributed by atoms with Crippen LogP contribution in [0.1, 0.15) is 47.2 Å². The van der Waals surface area contributed by atoms with E-state index >= 15 is 0 Å². The van der Waals surface area contributed by atoms with E-state index in [4.69, 9.17) is 4.74 Å². The lowest BCUT2D eigenvalue weighted by molar-refractivity contribution is 0.0692. The number of rotatable bonds is 1. The van der Waals surface area contributed by atoms with Crippen LogP contribution in [-0.4, -0.2) is 16.2 Å². The van der Waals surface area contributed by atoms with Gasteiger partial charge in [-0.15, -0.1) is 0 Å². The Balaban J connectivity index is 2.26. The van der Waals surface area contributed by atoms with Crippen molar-refractivity contribution in [3.63, 3.8) is 0 Å². The highest BCUT2D eigenvalue weighted by molar-refractivity contribution is 5.94. The van der Waals surface area contributed by atoms with Crippen LogP contribution in [0.5, 0.6) is 11.5 Å². The van der Waals surface area contributed by atoms with E-state index in [9.17, 15) is 15.0 Å². The van der Waals surface area contributed by atoms with Gasteiger partial charge in [-0.3, -0.25) is 0 Å². The first kappa shape index (κ1) is 13.7. The fourth-order valence-corrected chi connectivity index (χ4v) is 3.39. The van der Waals surface area contributed by atoms with E-state index < -0.39 is 5.97 Å². The highest BCUT2D eigenvalue weighted by atomic mass is 16.5. The van der Waals surface area contributed by atoms with Gasteiger partial charge >= 0.3 is 5.97 Å². The molecule has 4 heteroatoms. The fourth-order valence-electron chi connectivity index (χ4n) is 3.39. The molecule has 1 aliphatic heterocycles. The van der Waals surface area contributed by atoms with Crippen molar-refractivity contribution >= 4 is 5.97 Å². The number of hydrogen-bond donors (Lipinski definition) is 2. The van der Waals surface area contributed by atoms with Crippen molar-refractivity contribution in [2.75, 3.05) is 0 Å². The van der Waals surface area contributed by atoms with Crippen molar-refractivity contribution < 1.29 is 19.7 Å². The van der Waals surface area contributed by atoms with Gasteiger partial charge in [0.2, 0.25) is 0 Å². The van der Waals surface area contributed by atoms with Gasteiger partial charge in [0, 0.05) is 17.4 Å². The monoisotopic (exact) mass is 286 g/mol. The van der Waals surface area contributed by atoms with E-state index in [2.05, 4.69) is 19.6 Å². The number of carboxylic acid groups (broad SMARTS) is 1. The molecule has 1 aliphatic carbocycles. The molecule has 0 radical (unpaired) electrons. The molecule has 0 saturated carbocycles. The predicted octanol–water partition coefficient (Wildman–Crippen LogP) is 3.74. The number of allylic oxidation sites excluding steroid dienone is 3. The second kappa shape index (κ2) is 4.65. The molecule has 2 atom stereocenters. The Morgan fingerprint density at radius 1 is 1.43 bits per heavy atom. The van der Waals surface area contributed by atoms with E-state index in [1.54, 1.807) is 13.0 Å². The van der Waals surface area contributed by atoms with Gasteiger partial charge in [0.1, 0.15) is 22.8 Å². The molecule has 0 bridgehead atoms. The number of fused-ring (bicyclic) bond motifs is 3. The van der Waals surface area contributed by atoms with Crippen LogP contribution in [0.25, 0.3) is 0 Å². The molecule has 4 nitrogen and oxygen atoms in total. The summed E-state index contributed by atoms with van der Waals surface area (Å²) in [5, 5.41) is 19.8. The van der Waals surface area contributed by atoms with Crippen LogP contribution in [0, 0.1) is 12.8 Å². The van der Waals surface area contributed by atoms with Gasteiger partial charge in [-0.2, -0.15) is 0 Å². The number of carbonyl (C=O) groups is 1. The number of phenols is 1. The van der Waals surface area contributed by atoms with E-state index in [1.807, 2.05) is 0 Å². The predicted molar refractivity (Wildman–Crippen MR) is 78.8 cm³/mol. The summed E-state index contributed by atoms with van der Waals surface area (Å²) >= 11 is 0. The Hall–Kier alpha value is -2.23. The summed E-state index contributed by atoms with van der Waals surface area (Å²) in [6, 6.07) is 1.68. The molecule has 21 heavy (non-hydrogen) atoms. The summed E-state index contributed by atoms with van der Waals surface area (Å²) in [7, 11) is 0. The van der Waals surface area contributed by atoms with Gasteiger partial charge in [-0.05, 0) is 38.3 Å². The van der Waals surface area contributed by atoms with E-state index in [-0.39, 0.29) is 23.1 Å². The number of hydrogen-bond acceptors (Lipinski definition) is 3. The van der Waals surface area contributed by atoms with Gasteiger partial charge in [0.25, 0.3) is 0 Å². The maximum absolute atomic E-state index is 11.4. The van der Waals surface area contributed by atoms with Crippen LogP contribution in [-0.2, 0) is 0 Å². The molecular weight excluding hydrogens is 268 g/mol. The zero-order valence-electron chi connectivity index (χ0n) is 12.1. The SMILES string of the molecule is C=C1Oc2cc(C)c(C(=O)O)c(O)c2C2C=C(C)CCC12. The molecule has 0 spiro atoms. The quantitative estimate of drug-likeness (QED) is 0.772. The lowest BCUT2D eigenvalue weighted by Gasteiger charge is -2.37. The standard InChI is InChI=1S/C17H18O4/c1-8-4-5-11-10(3)21-13-7-9(2)14(17(19)20)16(18)15(13)12(11)6-8/h6-7,11-12,18H,3-5H2,1-2H3,(H,19,20). The molecule has 2 N–H and O–H groups in total. The Kier molecular flexibility index (Phi) is 3.04. The minimum Gasteiger partial charge on any atom is -0.507 e. The number of aryl methyl sites for hydroxylation is 1. The third kappa shape index (κ3) is 2.02. The Labute approximate surface area is 123 Å². The Bertz CT molecular complexity index is 685. The van der Waals surface area contributed by atoms with Crippen LogP contribution in [0.15, 0.2) is 30.1 Å². The number of aromatic hydroxyl groups is 1. The molecule has 1 aromatic rings. The third-order valence-corrected chi connectivity index (χ3v) is 4.45. The van der Waals surface area contributed by atoms with Gasteiger partial charge in [0.15, 0.2) is 0 Å². The summed E-state index contributed by atoms with van der Waals surface area (Å²) in [5.74, 6) is -0.0494. The maximum Gasteiger partial charge on any atom is 0.339 e. The minimum atomic E-state index is -1.12. The molecule has 110 valence electrons. The van der Waals surface area contributed by atoms with Crippen LogP contribution >= 0.6 is 0 Å². The molecule has 1 heterocycles. The Morgan fingerprint density at radius 2 is 2.14 bits per heavy atom. The van der Waals surface area contributed by atoms with Crippen molar-refractivity contribution in [1.29, 1.82) is 0 Å². The first-order valence-corrected chi connectivity index (χ1v) is 7.03. The zero-order valence-corrected chi connectivity index (χ0v) is 12.1. The van der Waals surface area contributed by atoms with Crippen LogP contribution in [0.2, 0.25) is 0 Å². The molecule has 0 amide bonds. The number of ether oxygens (including phenoxy) is 1. The number of aromatic carboxylic acids is 1. The van der Waals surface area contributed by atoms with Crippen LogP contribution < -0.4 is 4.74 Å². The maximum atomic E-state index is 11.4. The zero-order chi connectivity index (χ0) is 15.3. The van der Waals surface area contributed by atoms with Crippen molar-refractivity contribution in [1.82, 2.24) is 0 Å². The average molecular weight is 286 g/mol. The first-order chi connectivity index (χ1) is 9.90. The lowest BCUT2D eigenvalue weighted by Crippen LogP contribution is -2.26. The average Bonchev–Trinajstić information content (AvgIpc) is 2.37. The fraction of sp³-hybridized carbons (Fsp3) is 0.353. The lowest BCUT2D eigenvalue weighted by atomic mass is 9.74. The summed E-state index contributed by atoms with van der Waals surface area (Å²) < 4.78 is 5.76. The second-order valence-electron chi connectivity index (χ2n) is 5.89. The highest BCUT2D eigenvalue weighted by Gasteiger charge is 2.38. The van der Waals surface area contributed by atoms with Gasteiger partial charge in [-0.25, -0.2) is 4.79 Å². The second-order valence-corrected chi connectivity index (χ2v) is 5.89. The van der Waals surface area contributed by atoms with Crippen molar-refractivity contribution in [3.05, 3.63) is 46.7 Å². The molecule has 0 fully saturated rings. The first-order valence-electron chi connectivity index (χ1n) is 7.03. The minimum absolute atomic E-state index is 0.0414. The highest BCUT2D eigenvalue weighted by Crippen LogP contribution is 2.52. The summed E-state index contributed by atoms with van der Waals surface area (Å²) in [5.41, 5.74) is 2.27. The summed E-state index contributed by atoms with van der Waals surface area (Å²) in [4.78, 5) is 11.4.